The normalized spacial score (nSPS) is 13.5. The van der Waals surface area contributed by atoms with Gasteiger partial charge in [0.05, 0.1) is 0 Å². The van der Waals surface area contributed by atoms with Crippen LogP contribution in [0.15, 0.2) is 42.5 Å². The van der Waals surface area contributed by atoms with Crippen molar-refractivity contribution in [3.05, 3.63) is 64.7 Å². The van der Waals surface area contributed by atoms with Crippen LogP contribution in [-0.2, 0) is 19.4 Å². The number of aryl methyl sites for hydroxylation is 2. The lowest BCUT2D eigenvalue weighted by Crippen LogP contribution is -2.11. The fourth-order valence-electron chi connectivity index (χ4n) is 2.85. The monoisotopic (exact) mass is 279 g/mol. The topological polar surface area (TPSA) is 61.9 Å². The van der Waals surface area contributed by atoms with Gasteiger partial charge >= 0.3 is 0 Å². The fraction of sp³-hybridized carbons (Fsp3) is 0.278. The smallest absolute Gasteiger partial charge is 0.122 e. The van der Waals surface area contributed by atoms with Gasteiger partial charge in [-0.15, -0.1) is 0 Å². The third-order valence-electron chi connectivity index (χ3n) is 4.11. The number of rotatable bonds is 4. The molecule has 0 bridgehead atoms. The van der Waals surface area contributed by atoms with Crippen LogP contribution in [0.2, 0.25) is 0 Å². The van der Waals surface area contributed by atoms with Crippen LogP contribution in [0, 0.1) is 5.41 Å². The van der Waals surface area contributed by atoms with Crippen LogP contribution < -0.4 is 11.1 Å². The molecule has 0 fully saturated rings. The molecule has 21 heavy (non-hydrogen) atoms. The lowest BCUT2D eigenvalue weighted by atomic mass is 9.91. The van der Waals surface area contributed by atoms with Gasteiger partial charge in [0.15, 0.2) is 0 Å². The van der Waals surface area contributed by atoms with Gasteiger partial charge in [-0.05, 0) is 54.5 Å². The third-order valence-corrected chi connectivity index (χ3v) is 4.11. The minimum Gasteiger partial charge on any atom is -0.384 e. The number of nitrogens with two attached hydrogens (primary N) is 1. The zero-order valence-electron chi connectivity index (χ0n) is 12.2. The van der Waals surface area contributed by atoms with E-state index in [1.54, 1.807) is 0 Å². The van der Waals surface area contributed by atoms with Crippen LogP contribution in [0.4, 0.5) is 5.69 Å². The molecule has 0 atom stereocenters. The number of nitrogen functional groups attached to an aromatic ring is 1. The Morgan fingerprint density at radius 2 is 1.71 bits per heavy atom. The van der Waals surface area contributed by atoms with Gasteiger partial charge < -0.3 is 11.1 Å². The van der Waals surface area contributed by atoms with Crippen LogP contribution >= 0.6 is 0 Å². The second-order valence-corrected chi connectivity index (χ2v) is 5.65. The average molecular weight is 279 g/mol. The van der Waals surface area contributed by atoms with E-state index in [0.717, 1.165) is 12.1 Å². The number of benzene rings is 2. The summed E-state index contributed by atoms with van der Waals surface area (Å²) in [4.78, 5) is 0. The standard InChI is InChI=1S/C18H21N3/c19-18(20)15-7-5-13(6-8-15)12-21-17-10-9-14-3-1-2-4-16(14)11-17/h5-11,21H,1-4,12H2,(H3,19,20). The van der Waals surface area contributed by atoms with Crippen molar-refractivity contribution in [2.45, 2.75) is 32.2 Å². The quantitative estimate of drug-likeness (QED) is 0.593. The molecule has 2 aromatic carbocycles. The molecule has 0 aliphatic heterocycles. The van der Waals surface area contributed by atoms with E-state index in [9.17, 15) is 0 Å². The molecule has 1 aliphatic carbocycles. The van der Waals surface area contributed by atoms with Crippen LogP contribution in [-0.4, -0.2) is 5.84 Å². The largest absolute Gasteiger partial charge is 0.384 e. The fourth-order valence-corrected chi connectivity index (χ4v) is 2.85. The first kappa shape index (κ1) is 13.7. The molecule has 0 aromatic heterocycles. The summed E-state index contributed by atoms with van der Waals surface area (Å²) in [6, 6.07) is 14.5. The second-order valence-electron chi connectivity index (χ2n) is 5.65. The minimum absolute atomic E-state index is 0.115. The summed E-state index contributed by atoms with van der Waals surface area (Å²) in [5, 5.41) is 10.9. The SMILES string of the molecule is N=C(N)c1ccc(CNc2ccc3c(c2)CCCC3)cc1. The van der Waals surface area contributed by atoms with E-state index in [2.05, 4.69) is 23.5 Å². The average Bonchev–Trinajstić information content (AvgIpc) is 2.53. The van der Waals surface area contributed by atoms with Crippen LogP contribution in [0.1, 0.15) is 35.1 Å². The highest BCUT2D eigenvalue weighted by atomic mass is 14.9. The first-order valence-electron chi connectivity index (χ1n) is 7.51. The van der Waals surface area contributed by atoms with E-state index in [0.29, 0.717) is 0 Å². The van der Waals surface area contributed by atoms with Crippen molar-refractivity contribution in [1.29, 1.82) is 5.41 Å². The van der Waals surface area contributed by atoms with Crippen molar-refractivity contribution in [1.82, 2.24) is 0 Å². The molecule has 4 N–H and O–H groups in total. The molecule has 0 amide bonds. The predicted octanol–water partition coefficient (Wildman–Crippen LogP) is 3.46. The van der Waals surface area contributed by atoms with Crippen molar-refractivity contribution in [3.63, 3.8) is 0 Å². The maximum Gasteiger partial charge on any atom is 0.122 e. The number of nitrogens with one attached hydrogen (secondary N) is 2. The highest BCUT2D eigenvalue weighted by Gasteiger charge is 2.09. The van der Waals surface area contributed by atoms with Gasteiger partial charge in [0.2, 0.25) is 0 Å². The van der Waals surface area contributed by atoms with Crippen molar-refractivity contribution in [2.75, 3.05) is 5.32 Å². The molecule has 3 heteroatoms. The first-order chi connectivity index (χ1) is 10.2. The van der Waals surface area contributed by atoms with Gasteiger partial charge in [0.1, 0.15) is 5.84 Å². The van der Waals surface area contributed by atoms with E-state index in [-0.39, 0.29) is 5.84 Å². The Kier molecular flexibility index (Phi) is 3.91. The summed E-state index contributed by atoms with van der Waals surface area (Å²) < 4.78 is 0. The molecule has 3 nitrogen and oxygen atoms in total. The van der Waals surface area contributed by atoms with Crippen molar-refractivity contribution in [2.24, 2.45) is 5.73 Å². The molecule has 0 unspecified atom stereocenters. The van der Waals surface area contributed by atoms with E-state index in [1.165, 1.54) is 48.1 Å². The van der Waals surface area contributed by atoms with Crippen molar-refractivity contribution < 1.29 is 0 Å². The van der Waals surface area contributed by atoms with Gasteiger partial charge in [-0.2, -0.15) is 0 Å². The summed E-state index contributed by atoms with van der Waals surface area (Å²) in [6.07, 6.45) is 5.06. The van der Waals surface area contributed by atoms with Crippen LogP contribution in [0.25, 0.3) is 0 Å². The zero-order chi connectivity index (χ0) is 14.7. The molecule has 2 aromatic rings. The Balaban J connectivity index is 1.65. The number of amidine groups is 1. The van der Waals surface area contributed by atoms with Gasteiger partial charge in [-0.3, -0.25) is 5.41 Å². The summed E-state index contributed by atoms with van der Waals surface area (Å²) in [7, 11) is 0. The van der Waals surface area contributed by atoms with Crippen molar-refractivity contribution >= 4 is 11.5 Å². The maximum atomic E-state index is 7.39. The molecular weight excluding hydrogens is 258 g/mol. The summed E-state index contributed by atoms with van der Waals surface area (Å²) in [5.74, 6) is 0.115. The first-order valence-corrected chi connectivity index (χ1v) is 7.51. The highest BCUT2D eigenvalue weighted by molar-refractivity contribution is 5.94. The van der Waals surface area contributed by atoms with Crippen LogP contribution in [0.5, 0.6) is 0 Å². The molecule has 0 spiro atoms. The molecule has 3 rings (SSSR count). The van der Waals surface area contributed by atoms with Crippen LogP contribution in [0.3, 0.4) is 0 Å². The van der Waals surface area contributed by atoms with Gasteiger partial charge in [-0.1, -0.05) is 30.3 Å². The highest BCUT2D eigenvalue weighted by Crippen LogP contribution is 2.24. The van der Waals surface area contributed by atoms with E-state index < -0.39 is 0 Å². The zero-order valence-corrected chi connectivity index (χ0v) is 12.2. The molecule has 0 saturated heterocycles. The molecule has 0 saturated carbocycles. The molecule has 108 valence electrons. The Morgan fingerprint density at radius 1 is 1.00 bits per heavy atom. The lowest BCUT2D eigenvalue weighted by Gasteiger charge is -2.17. The molecular formula is C18H21N3. The second kappa shape index (κ2) is 6.00. The number of anilines is 1. The third kappa shape index (κ3) is 3.24. The van der Waals surface area contributed by atoms with Crippen molar-refractivity contribution in [3.8, 4) is 0 Å². The maximum absolute atomic E-state index is 7.39. The number of hydrogen-bond acceptors (Lipinski definition) is 2. The van der Waals surface area contributed by atoms with Gasteiger partial charge in [-0.25, -0.2) is 0 Å². The Labute approximate surface area is 125 Å². The summed E-state index contributed by atoms with van der Waals surface area (Å²) >= 11 is 0. The van der Waals surface area contributed by atoms with Gasteiger partial charge in [0.25, 0.3) is 0 Å². The number of fused-ring (bicyclic) bond motifs is 1. The lowest BCUT2D eigenvalue weighted by molar-refractivity contribution is 0.686. The number of hydrogen-bond donors (Lipinski definition) is 3. The summed E-state index contributed by atoms with van der Waals surface area (Å²) in [5.41, 5.74) is 11.6. The Bertz CT molecular complexity index is 644. The summed E-state index contributed by atoms with van der Waals surface area (Å²) in [6.45, 7) is 0.789. The molecule has 1 aliphatic rings. The minimum atomic E-state index is 0.115. The van der Waals surface area contributed by atoms with Gasteiger partial charge in [0, 0.05) is 17.8 Å². The van der Waals surface area contributed by atoms with E-state index in [4.69, 9.17) is 11.1 Å². The predicted molar refractivity (Wildman–Crippen MR) is 87.9 cm³/mol. The van der Waals surface area contributed by atoms with E-state index >= 15 is 0 Å². The molecule has 0 radical (unpaired) electrons. The molecule has 0 heterocycles. The Hall–Kier alpha value is -2.29. The van der Waals surface area contributed by atoms with E-state index in [1.807, 2.05) is 24.3 Å². The Morgan fingerprint density at radius 3 is 2.43 bits per heavy atom.